The van der Waals surface area contributed by atoms with Gasteiger partial charge in [0.05, 0.1) is 5.41 Å². The molecule has 2 rings (SSSR count). The van der Waals surface area contributed by atoms with Crippen molar-refractivity contribution in [1.29, 1.82) is 0 Å². The van der Waals surface area contributed by atoms with Crippen LogP contribution >= 0.6 is 11.6 Å². The van der Waals surface area contributed by atoms with Crippen molar-refractivity contribution in [3.8, 4) is 0 Å². The lowest BCUT2D eigenvalue weighted by atomic mass is 9.72. The zero-order valence-corrected chi connectivity index (χ0v) is 13.3. The minimum Gasteiger partial charge on any atom is -0.367 e. The highest BCUT2D eigenvalue weighted by molar-refractivity contribution is 6.30. The normalized spacial score (nSPS) is 17.9. The number of halogens is 1. The van der Waals surface area contributed by atoms with Crippen LogP contribution in [0.25, 0.3) is 0 Å². The summed E-state index contributed by atoms with van der Waals surface area (Å²) in [6, 6.07) is 7.50. The molecule has 1 aliphatic heterocycles. The van der Waals surface area contributed by atoms with Gasteiger partial charge in [-0.1, -0.05) is 23.7 Å². The van der Waals surface area contributed by atoms with Crippen molar-refractivity contribution in [2.45, 2.75) is 32.6 Å². The summed E-state index contributed by atoms with van der Waals surface area (Å²) in [6.07, 6.45) is 1.29. The van der Waals surface area contributed by atoms with Gasteiger partial charge in [0.25, 0.3) is 0 Å². The Morgan fingerprint density at radius 3 is 2.62 bits per heavy atom. The van der Waals surface area contributed by atoms with Gasteiger partial charge in [0.1, 0.15) is 6.29 Å². The molecule has 0 saturated carbocycles. The molecule has 0 spiro atoms. The second-order valence-electron chi connectivity index (χ2n) is 6.59. The van der Waals surface area contributed by atoms with E-state index in [1.54, 1.807) is 11.1 Å². The summed E-state index contributed by atoms with van der Waals surface area (Å²) in [4.78, 5) is 28.2. The highest BCUT2D eigenvalue weighted by Crippen LogP contribution is 2.38. The van der Waals surface area contributed by atoms with Crippen LogP contribution in [0.2, 0.25) is 5.02 Å². The van der Waals surface area contributed by atoms with E-state index in [1.807, 2.05) is 39.0 Å². The lowest BCUT2D eigenvalue weighted by Gasteiger charge is -2.48. The van der Waals surface area contributed by atoms with Crippen LogP contribution in [-0.4, -0.2) is 30.4 Å². The first-order valence-corrected chi connectivity index (χ1v) is 7.32. The molecule has 0 N–H and O–H groups in total. The van der Waals surface area contributed by atoms with Crippen LogP contribution in [0.5, 0.6) is 0 Å². The van der Waals surface area contributed by atoms with Crippen molar-refractivity contribution in [1.82, 2.24) is 5.06 Å². The van der Waals surface area contributed by atoms with Gasteiger partial charge in [0.15, 0.2) is 0 Å². The van der Waals surface area contributed by atoms with Gasteiger partial charge < -0.3 is 9.63 Å². The molecule has 1 aromatic carbocycles. The predicted molar refractivity (Wildman–Crippen MR) is 80.9 cm³/mol. The number of hydrogen-bond acceptors (Lipinski definition) is 4. The minimum atomic E-state index is -0.543. The Bertz CT molecular complexity index is 545. The Hall–Kier alpha value is -1.39. The van der Waals surface area contributed by atoms with Crippen LogP contribution in [0.1, 0.15) is 32.8 Å². The fourth-order valence-electron chi connectivity index (χ4n) is 2.35. The van der Waals surface area contributed by atoms with E-state index in [0.29, 0.717) is 24.5 Å². The smallest absolute Gasteiger partial charge is 0.330 e. The van der Waals surface area contributed by atoms with Crippen molar-refractivity contribution in [2.24, 2.45) is 5.41 Å². The highest BCUT2D eigenvalue weighted by Gasteiger charge is 2.47. The van der Waals surface area contributed by atoms with Gasteiger partial charge in [0, 0.05) is 29.9 Å². The first kappa shape index (κ1) is 16.0. The zero-order valence-electron chi connectivity index (χ0n) is 12.6. The molecule has 0 amide bonds. The number of hydrogen-bond donors (Lipinski definition) is 0. The van der Waals surface area contributed by atoms with Gasteiger partial charge in [-0.15, -0.1) is 5.06 Å². The fourth-order valence-corrected chi connectivity index (χ4v) is 2.55. The maximum atomic E-state index is 11.9. The molecule has 0 radical (unpaired) electrons. The first-order chi connectivity index (χ1) is 9.77. The van der Waals surface area contributed by atoms with E-state index in [4.69, 9.17) is 16.4 Å². The van der Waals surface area contributed by atoms with E-state index in [1.165, 1.54) is 0 Å². The molecule has 1 heterocycles. The molecule has 1 aliphatic rings. The van der Waals surface area contributed by atoms with Crippen LogP contribution in [-0.2, 0) is 19.8 Å². The van der Waals surface area contributed by atoms with E-state index in [0.717, 1.165) is 11.8 Å². The second-order valence-corrected chi connectivity index (χ2v) is 7.02. The van der Waals surface area contributed by atoms with Crippen molar-refractivity contribution < 1.29 is 14.4 Å². The van der Waals surface area contributed by atoms with E-state index in [-0.39, 0.29) is 11.4 Å². The molecule has 4 nitrogen and oxygen atoms in total. The Morgan fingerprint density at radius 2 is 2.10 bits per heavy atom. The van der Waals surface area contributed by atoms with E-state index in [9.17, 15) is 9.59 Å². The largest absolute Gasteiger partial charge is 0.367 e. The minimum absolute atomic E-state index is 0.270. The molecular formula is C16H20ClNO3. The summed E-state index contributed by atoms with van der Waals surface area (Å²) < 4.78 is 0. The van der Waals surface area contributed by atoms with Gasteiger partial charge in [-0.05, 0) is 38.5 Å². The maximum Gasteiger partial charge on any atom is 0.330 e. The summed E-state index contributed by atoms with van der Waals surface area (Å²) in [6.45, 7) is 6.45. The summed E-state index contributed by atoms with van der Waals surface area (Å²) in [5.41, 5.74) is 0.147. The first-order valence-electron chi connectivity index (χ1n) is 6.94. The van der Waals surface area contributed by atoms with Gasteiger partial charge in [-0.3, -0.25) is 0 Å². The predicted octanol–water partition coefficient (Wildman–Crippen LogP) is 2.99. The average molecular weight is 310 g/mol. The topological polar surface area (TPSA) is 46.6 Å². The molecule has 0 atom stereocenters. The number of rotatable bonds is 4. The van der Waals surface area contributed by atoms with Crippen LogP contribution < -0.4 is 0 Å². The molecule has 21 heavy (non-hydrogen) atoms. The second kappa shape index (κ2) is 5.78. The Morgan fingerprint density at radius 1 is 1.43 bits per heavy atom. The third-order valence-corrected chi connectivity index (χ3v) is 3.93. The van der Waals surface area contributed by atoms with Gasteiger partial charge in [-0.25, -0.2) is 4.79 Å². The third kappa shape index (κ3) is 3.44. The van der Waals surface area contributed by atoms with Crippen molar-refractivity contribution in [3.05, 3.63) is 34.9 Å². The fraction of sp³-hybridized carbons (Fsp3) is 0.500. The van der Waals surface area contributed by atoms with E-state index in [2.05, 4.69) is 0 Å². The summed E-state index contributed by atoms with van der Waals surface area (Å²) in [5, 5.41) is 2.25. The molecular weight excluding hydrogens is 290 g/mol. The molecule has 0 aliphatic carbocycles. The van der Waals surface area contributed by atoms with E-state index < -0.39 is 5.41 Å². The highest BCUT2D eigenvalue weighted by atomic mass is 35.5. The molecule has 1 aromatic rings. The number of nitrogens with zero attached hydrogens (tertiary/aromatic N) is 1. The molecule has 1 saturated heterocycles. The molecule has 0 bridgehead atoms. The molecule has 5 heteroatoms. The SMILES string of the molecule is CC(C)(C)C(=O)ON1CC(CC=O)(c2cccc(Cl)c2)C1. The third-order valence-electron chi connectivity index (χ3n) is 3.69. The number of carbonyl (C=O) groups excluding carboxylic acids is 2. The van der Waals surface area contributed by atoms with Crippen molar-refractivity contribution in [2.75, 3.05) is 13.1 Å². The lowest BCUT2D eigenvalue weighted by molar-refractivity contribution is -0.234. The molecule has 1 fully saturated rings. The molecule has 114 valence electrons. The Balaban J connectivity index is 2.08. The van der Waals surface area contributed by atoms with Crippen molar-refractivity contribution >= 4 is 23.9 Å². The monoisotopic (exact) mass is 309 g/mol. The quantitative estimate of drug-likeness (QED) is 0.802. The molecule has 0 unspecified atom stereocenters. The maximum absolute atomic E-state index is 11.9. The number of carbonyl (C=O) groups is 2. The van der Waals surface area contributed by atoms with Crippen LogP contribution in [0.3, 0.4) is 0 Å². The Kier molecular flexibility index (Phi) is 4.40. The van der Waals surface area contributed by atoms with Crippen LogP contribution in [0.4, 0.5) is 0 Å². The van der Waals surface area contributed by atoms with Crippen LogP contribution in [0.15, 0.2) is 24.3 Å². The molecule has 0 aromatic heterocycles. The average Bonchev–Trinajstić information content (AvgIpc) is 2.34. The zero-order chi connectivity index (χ0) is 15.7. The lowest BCUT2D eigenvalue weighted by Crippen LogP contribution is -2.60. The van der Waals surface area contributed by atoms with Gasteiger partial charge >= 0.3 is 5.97 Å². The summed E-state index contributed by atoms with van der Waals surface area (Å²) in [7, 11) is 0. The van der Waals surface area contributed by atoms with Crippen molar-refractivity contribution in [3.63, 3.8) is 0 Å². The summed E-state index contributed by atoms with van der Waals surface area (Å²) in [5.74, 6) is -0.270. The summed E-state index contributed by atoms with van der Waals surface area (Å²) >= 11 is 6.03. The van der Waals surface area contributed by atoms with Crippen LogP contribution in [0, 0.1) is 5.41 Å². The standard InChI is InChI=1S/C16H20ClNO3/c1-15(2,3)14(20)21-18-10-16(11-18,7-8-19)12-5-4-6-13(17)9-12/h4-6,8-9H,7,10-11H2,1-3H3. The van der Waals surface area contributed by atoms with Gasteiger partial charge in [0.2, 0.25) is 0 Å². The van der Waals surface area contributed by atoms with Gasteiger partial charge in [-0.2, -0.15) is 0 Å². The Labute approximate surface area is 130 Å². The number of aldehydes is 1. The number of benzene rings is 1. The van der Waals surface area contributed by atoms with E-state index >= 15 is 0 Å². The number of hydroxylamine groups is 2.